The Morgan fingerprint density at radius 3 is 2.83 bits per heavy atom. The number of thiazole rings is 2. The molecule has 1 amide bonds. The minimum absolute atomic E-state index is 0.00715. The number of piperazine rings is 1. The molecule has 0 aliphatic carbocycles. The summed E-state index contributed by atoms with van der Waals surface area (Å²) in [5.74, 6) is -0.00715. The van der Waals surface area contributed by atoms with Crippen molar-refractivity contribution in [3.8, 4) is 0 Å². The second-order valence-corrected chi connectivity index (χ2v) is 7.18. The summed E-state index contributed by atoms with van der Waals surface area (Å²) < 4.78 is 1.55. The van der Waals surface area contributed by atoms with Gasteiger partial charge < -0.3 is 4.90 Å². The van der Waals surface area contributed by atoms with Gasteiger partial charge in [0.25, 0.3) is 11.5 Å². The van der Waals surface area contributed by atoms with Crippen LogP contribution in [0.3, 0.4) is 0 Å². The maximum Gasteiger partial charge on any atom is 0.273 e. The minimum atomic E-state index is -0.0476. The van der Waals surface area contributed by atoms with Crippen LogP contribution in [0.25, 0.3) is 4.96 Å². The van der Waals surface area contributed by atoms with Crippen LogP contribution in [0, 0.1) is 0 Å². The highest BCUT2D eigenvalue weighted by molar-refractivity contribution is 7.15. The predicted octanol–water partition coefficient (Wildman–Crippen LogP) is 1.17. The highest BCUT2D eigenvalue weighted by atomic mass is 32.1. The molecule has 0 radical (unpaired) electrons. The third-order valence-corrected chi connectivity index (χ3v) is 5.40. The van der Waals surface area contributed by atoms with Crippen LogP contribution in [0.15, 0.2) is 33.3 Å². The van der Waals surface area contributed by atoms with Crippen LogP contribution in [0.4, 0.5) is 0 Å². The lowest BCUT2D eigenvalue weighted by molar-refractivity contribution is 0.0622. The minimum Gasteiger partial charge on any atom is -0.335 e. The molecule has 3 aromatic heterocycles. The van der Waals surface area contributed by atoms with Gasteiger partial charge in [0.1, 0.15) is 5.69 Å². The summed E-state index contributed by atoms with van der Waals surface area (Å²) in [4.78, 5) is 37.7. The molecule has 0 aromatic carbocycles. The zero-order valence-corrected chi connectivity index (χ0v) is 14.4. The van der Waals surface area contributed by atoms with Crippen molar-refractivity contribution in [3.63, 3.8) is 0 Å². The Kier molecular flexibility index (Phi) is 4.13. The zero-order valence-electron chi connectivity index (χ0n) is 12.8. The Balaban J connectivity index is 1.40. The number of carbonyl (C=O) groups excluding carboxylic acids is 1. The quantitative estimate of drug-likeness (QED) is 0.700. The van der Waals surface area contributed by atoms with Crippen LogP contribution in [0.2, 0.25) is 0 Å². The fourth-order valence-corrected chi connectivity index (χ4v) is 4.05. The normalized spacial score (nSPS) is 15.9. The Bertz CT molecular complexity index is 909. The number of hydrogen-bond donors (Lipinski definition) is 0. The monoisotopic (exact) mass is 361 g/mol. The molecule has 0 spiro atoms. The molecular weight excluding hydrogens is 346 g/mol. The molecule has 1 saturated heterocycles. The van der Waals surface area contributed by atoms with Gasteiger partial charge in [-0.05, 0) is 0 Å². The molecule has 4 heterocycles. The van der Waals surface area contributed by atoms with Gasteiger partial charge in [0.05, 0.1) is 11.2 Å². The van der Waals surface area contributed by atoms with E-state index in [1.807, 2.05) is 10.3 Å². The van der Waals surface area contributed by atoms with Crippen molar-refractivity contribution in [3.05, 3.63) is 50.3 Å². The Morgan fingerprint density at radius 1 is 1.25 bits per heavy atom. The Labute approximate surface area is 145 Å². The molecule has 0 saturated carbocycles. The van der Waals surface area contributed by atoms with Crippen molar-refractivity contribution in [1.82, 2.24) is 24.2 Å². The van der Waals surface area contributed by atoms with E-state index in [-0.39, 0.29) is 11.5 Å². The van der Waals surface area contributed by atoms with Gasteiger partial charge in [-0.25, -0.2) is 9.97 Å². The van der Waals surface area contributed by atoms with Crippen molar-refractivity contribution < 1.29 is 4.79 Å². The largest absolute Gasteiger partial charge is 0.335 e. The maximum atomic E-state index is 12.3. The predicted molar refractivity (Wildman–Crippen MR) is 92.6 cm³/mol. The number of aromatic nitrogens is 3. The summed E-state index contributed by atoms with van der Waals surface area (Å²) in [5.41, 5.74) is 2.93. The van der Waals surface area contributed by atoms with E-state index in [4.69, 9.17) is 0 Å². The first kappa shape index (κ1) is 15.4. The van der Waals surface area contributed by atoms with Crippen LogP contribution in [-0.2, 0) is 6.54 Å². The molecule has 1 aliphatic rings. The van der Waals surface area contributed by atoms with Gasteiger partial charge in [-0.1, -0.05) is 0 Å². The molecule has 24 heavy (non-hydrogen) atoms. The number of amides is 1. The SMILES string of the molecule is O=C(c1cscn1)N1CCN(Cc2cc(=O)n3ccsc3n2)CC1. The second kappa shape index (κ2) is 6.42. The first-order valence-corrected chi connectivity index (χ1v) is 9.38. The van der Waals surface area contributed by atoms with E-state index in [1.165, 1.54) is 22.7 Å². The van der Waals surface area contributed by atoms with Gasteiger partial charge in [-0.2, -0.15) is 0 Å². The maximum absolute atomic E-state index is 12.3. The molecule has 0 unspecified atom stereocenters. The number of rotatable bonds is 3. The van der Waals surface area contributed by atoms with Crippen molar-refractivity contribution in [2.45, 2.75) is 6.54 Å². The summed E-state index contributed by atoms with van der Waals surface area (Å²) in [6, 6.07) is 1.59. The lowest BCUT2D eigenvalue weighted by atomic mass is 10.2. The van der Waals surface area contributed by atoms with Crippen molar-refractivity contribution in [1.29, 1.82) is 0 Å². The lowest BCUT2D eigenvalue weighted by Crippen LogP contribution is -2.48. The topological polar surface area (TPSA) is 70.8 Å². The number of fused-ring (bicyclic) bond motifs is 1. The van der Waals surface area contributed by atoms with E-state index in [2.05, 4.69) is 14.9 Å². The number of carbonyl (C=O) groups is 1. The molecule has 0 bridgehead atoms. The third kappa shape index (κ3) is 2.97. The van der Waals surface area contributed by atoms with Crippen molar-refractivity contribution >= 4 is 33.5 Å². The molecule has 4 rings (SSSR count). The molecule has 1 fully saturated rings. The van der Waals surface area contributed by atoms with Gasteiger partial charge in [0, 0.05) is 55.7 Å². The van der Waals surface area contributed by atoms with Crippen LogP contribution in [0.5, 0.6) is 0 Å². The molecule has 9 heteroatoms. The Hall–Kier alpha value is -2.10. The van der Waals surface area contributed by atoms with E-state index in [9.17, 15) is 9.59 Å². The molecule has 0 atom stereocenters. The highest BCUT2D eigenvalue weighted by Crippen LogP contribution is 2.12. The number of hydrogen-bond acceptors (Lipinski definition) is 7. The smallest absolute Gasteiger partial charge is 0.273 e. The highest BCUT2D eigenvalue weighted by Gasteiger charge is 2.23. The second-order valence-electron chi connectivity index (χ2n) is 5.58. The van der Waals surface area contributed by atoms with Crippen LogP contribution in [0.1, 0.15) is 16.2 Å². The van der Waals surface area contributed by atoms with Crippen molar-refractivity contribution in [2.75, 3.05) is 26.2 Å². The summed E-state index contributed by atoms with van der Waals surface area (Å²) in [5, 5.41) is 3.64. The van der Waals surface area contributed by atoms with Gasteiger partial charge in [0.15, 0.2) is 4.96 Å². The third-order valence-electron chi connectivity index (χ3n) is 4.05. The van der Waals surface area contributed by atoms with E-state index in [0.29, 0.717) is 25.3 Å². The first-order chi connectivity index (χ1) is 11.7. The molecule has 124 valence electrons. The number of nitrogens with zero attached hydrogens (tertiary/aromatic N) is 5. The average Bonchev–Trinajstić information content (AvgIpc) is 3.26. The Morgan fingerprint density at radius 2 is 2.08 bits per heavy atom. The zero-order chi connectivity index (χ0) is 16.5. The molecule has 3 aromatic rings. The average molecular weight is 361 g/mol. The molecule has 1 aliphatic heterocycles. The van der Waals surface area contributed by atoms with E-state index < -0.39 is 0 Å². The first-order valence-electron chi connectivity index (χ1n) is 7.56. The van der Waals surface area contributed by atoms with Gasteiger partial charge in [0.2, 0.25) is 0 Å². The summed E-state index contributed by atoms with van der Waals surface area (Å²) in [6.45, 7) is 3.48. The van der Waals surface area contributed by atoms with Gasteiger partial charge in [-0.15, -0.1) is 22.7 Å². The summed E-state index contributed by atoms with van der Waals surface area (Å²) in [6.07, 6.45) is 1.74. The fraction of sp³-hybridized carbons (Fsp3) is 0.333. The van der Waals surface area contributed by atoms with Crippen molar-refractivity contribution in [2.24, 2.45) is 0 Å². The molecule has 7 nitrogen and oxygen atoms in total. The molecular formula is C15H15N5O2S2. The standard InChI is InChI=1S/C15H15N5O2S2/c21-13-7-11(17-15-20(13)5-6-24-15)8-18-1-3-19(4-2-18)14(22)12-9-23-10-16-12/h5-7,9-10H,1-4,8H2. The fourth-order valence-electron chi connectivity index (χ4n) is 2.79. The van der Waals surface area contributed by atoms with Gasteiger partial charge >= 0.3 is 0 Å². The van der Waals surface area contributed by atoms with Crippen LogP contribution < -0.4 is 5.56 Å². The van der Waals surface area contributed by atoms with Gasteiger partial charge in [-0.3, -0.25) is 18.9 Å². The van der Waals surface area contributed by atoms with E-state index in [0.717, 1.165) is 23.7 Å². The molecule has 0 N–H and O–H groups in total. The van der Waals surface area contributed by atoms with Crippen LogP contribution >= 0.6 is 22.7 Å². The summed E-state index contributed by atoms with van der Waals surface area (Å²) >= 11 is 2.88. The van der Waals surface area contributed by atoms with Crippen LogP contribution in [-0.4, -0.2) is 56.3 Å². The summed E-state index contributed by atoms with van der Waals surface area (Å²) in [7, 11) is 0. The van der Waals surface area contributed by atoms with E-state index in [1.54, 1.807) is 27.6 Å². The lowest BCUT2D eigenvalue weighted by Gasteiger charge is -2.34. The van der Waals surface area contributed by atoms with E-state index >= 15 is 0 Å².